The minimum atomic E-state index is -3.48. The fourth-order valence-corrected chi connectivity index (χ4v) is 3.90. The minimum absolute atomic E-state index is 0.306. The Morgan fingerprint density at radius 1 is 0.955 bits per heavy atom. The molecule has 0 aromatic heterocycles. The van der Waals surface area contributed by atoms with Crippen molar-refractivity contribution in [3.8, 4) is 11.5 Å². The van der Waals surface area contributed by atoms with Gasteiger partial charge < -0.3 is 9.05 Å². The van der Waals surface area contributed by atoms with Gasteiger partial charge in [0.05, 0.1) is 15.7 Å². The lowest BCUT2D eigenvalue weighted by atomic mass is 10.3. The van der Waals surface area contributed by atoms with Gasteiger partial charge in [-0.15, -0.1) is 0 Å². The Morgan fingerprint density at radius 3 is 1.73 bits per heavy atom. The SMILES string of the molecule is CCC(C)P(=O)(Oc1ccccc1Cl)Oc1ccccc1Cl. The van der Waals surface area contributed by atoms with Gasteiger partial charge >= 0.3 is 7.60 Å². The quantitative estimate of drug-likeness (QED) is 0.557. The van der Waals surface area contributed by atoms with Gasteiger partial charge in [-0.2, -0.15) is 0 Å². The van der Waals surface area contributed by atoms with Crippen LogP contribution in [0.1, 0.15) is 20.3 Å². The average Bonchev–Trinajstić information content (AvgIpc) is 2.51. The molecule has 0 radical (unpaired) electrons. The fourth-order valence-electron chi connectivity index (χ4n) is 1.73. The van der Waals surface area contributed by atoms with Crippen LogP contribution in [0.25, 0.3) is 0 Å². The molecule has 2 rings (SSSR count). The third-order valence-corrected chi connectivity index (χ3v) is 6.23. The van der Waals surface area contributed by atoms with Crippen LogP contribution < -0.4 is 9.05 Å². The van der Waals surface area contributed by atoms with Gasteiger partial charge in [-0.25, -0.2) is 4.57 Å². The monoisotopic (exact) mass is 358 g/mol. The summed E-state index contributed by atoms with van der Waals surface area (Å²) in [6.07, 6.45) is 0.631. The van der Waals surface area contributed by atoms with Crippen molar-refractivity contribution in [1.82, 2.24) is 0 Å². The van der Waals surface area contributed by atoms with Crippen molar-refractivity contribution in [1.29, 1.82) is 0 Å². The summed E-state index contributed by atoms with van der Waals surface area (Å²) in [5.41, 5.74) is -0.306. The summed E-state index contributed by atoms with van der Waals surface area (Å²) < 4.78 is 24.6. The fraction of sp³-hybridized carbons (Fsp3) is 0.250. The van der Waals surface area contributed by atoms with Crippen LogP contribution >= 0.6 is 30.8 Å². The Labute approximate surface area is 140 Å². The third-order valence-electron chi connectivity index (χ3n) is 3.26. The van der Waals surface area contributed by atoms with Crippen LogP contribution in [0.4, 0.5) is 0 Å². The van der Waals surface area contributed by atoms with Gasteiger partial charge in [0.1, 0.15) is 11.5 Å². The Balaban J connectivity index is 2.35. The molecule has 0 amide bonds. The second-order valence-electron chi connectivity index (χ2n) is 4.84. The molecule has 22 heavy (non-hydrogen) atoms. The average molecular weight is 359 g/mol. The van der Waals surface area contributed by atoms with Gasteiger partial charge in [0, 0.05) is 0 Å². The van der Waals surface area contributed by atoms with E-state index in [1.165, 1.54) is 0 Å². The Kier molecular flexibility index (Phi) is 5.80. The molecule has 2 aromatic carbocycles. The first kappa shape index (κ1) is 17.2. The molecular formula is C16H17Cl2O3P. The summed E-state index contributed by atoms with van der Waals surface area (Å²) >= 11 is 12.2. The molecule has 0 saturated heterocycles. The number of rotatable bonds is 6. The second kappa shape index (κ2) is 7.41. The molecule has 1 unspecified atom stereocenters. The van der Waals surface area contributed by atoms with E-state index in [1.54, 1.807) is 48.5 Å². The largest absolute Gasteiger partial charge is 0.433 e. The summed E-state index contributed by atoms with van der Waals surface area (Å²) in [5, 5.41) is 0.766. The summed E-state index contributed by atoms with van der Waals surface area (Å²) in [6, 6.07) is 13.7. The lowest BCUT2D eigenvalue weighted by Gasteiger charge is -2.25. The zero-order chi connectivity index (χ0) is 16.2. The molecule has 0 aliphatic rings. The molecule has 118 valence electrons. The highest BCUT2D eigenvalue weighted by atomic mass is 35.5. The van der Waals surface area contributed by atoms with Gasteiger partial charge in [0.15, 0.2) is 0 Å². The highest BCUT2D eigenvalue weighted by molar-refractivity contribution is 7.55. The van der Waals surface area contributed by atoms with E-state index in [1.807, 2.05) is 13.8 Å². The van der Waals surface area contributed by atoms with Gasteiger partial charge in [0.2, 0.25) is 0 Å². The Bertz CT molecular complexity index is 639. The Morgan fingerprint density at radius 2 is 1.36 bits per heavy atom. The van der Waals surface area contributed by atoms with Crippen LogP contribution in [-0.2, 0) is 4.57 Å². The highest BCUT2D eigenvalue weighted by Gasteiger charge is 2.35. The topological polar surface area (TPSA) is 35.5 Å². The van der Waals surface area contributed by atoms with E-state index in [4.69, 9.17) is 32.2 Å². The maximum Gasteiger partial charge on any atom is 0.433 e. The first-order valence-electron chi connectivity index (χ1n) is 6.94. The van der Waals surface area contributed by atoms with E-state index < -0.39 is 7.60 Å². The number of halogens is 2. The molecule has 3 nitrogen and oxygen atoms in total. The van der Waals surface area contributed by atoms with E-state index >= 15 is 0 Å². The molecule has 0 fully saturated rings. The van der Waals surface area contributed by atoms with Crippen molar-refractivity contribution in [3.05, 3.63) is 58.6 Å². The Hall–Kier alpha value is -1.15. The molecule has 2 aromatic rings. The second-order valence-corrected chi connectivity index (χ2v) is 7.98. The van der Waals surface area contributed by atoms with E-state index in [0.717, 1.165) is 0 Å². The first-order chi connectivity index (χ1) is 10.5. The molecule has 1 atom stereocenters. The van der Waals surface area contributed by atoms with Crippen molar-refractivity contribution >= 4 is 30.8 Å². The zero-order valence-electron chi connectivity index (χ0n) is 12.3. The van der Waals surface area contributed by atoms with Gasteiger partial charge in [-0.05, 0) is 37.6 Å². The van der Waals surface area contributed by atoms with Gasteiger partial charge in [-0.1, -0.05) is 54.4 Å². The first-order valence-corrected chi connectivity index (χ1v) is 9.31. The molecule has 0 bridgehead atoms. The van der Waals surface area contributed by atoms with E-state index in [9.17, 15) is 4.57 Å². The zero-order valence-corrected chi connectivity index (χ0v) is 14.7. The molecule has 6 heteroatoms. The van der Waals surface area contributed by atoms with Crippen molar-refractivity contribution in [2.24, 2.45) is 0 Å². The molecule has 0 saturated carbocycles. The molecule has 0 heterocycles. The third kappa shape index (κ3) is 3.98. The van der Waals surface area contributed by atoms with Gasteiger partial charge in [-0.3, -0.25) is 0 Å². The number of hydrogen-bond acceptors (Lipinski definition) is 3. The van der Waals surface area contributed by atoms with Crippen molar-refractivity contribution < 1.29 is 13.6 Å². The van der Waals surface area contributed by atoms with Crippen LogP contribution in [0.3, 0.4) is 0 Å². The molecular weight excluding hydrogens is 342 g/mol. The normalized spacial score (nSPS) is 12.7. The van der Waals surface area contributed by atoms with Crippen LogP contribution in [-0.4, -0.2) is 5.66 Å². The lowest BCUT2D eigenvalue weighted by Crippen LogP contribution is -2.13. The van der Waals surface area contributed by atoms with Gasteiger partial charge in [0.25, 0.3) is 0 Å². The van der Waals surface area contributed by atoms with Crippen molar-refractivity contribution in [3.63, 3.8) is 0 Å². The smallest absolute Gasteiger partial charge is 0.414 e. The number of benzene rings is 2. The minimum Gasteiger partial charge on any atom is -0.414 e. The van der Waals surface area contributed by atoms with Crippen LogP contribution in [0.2, 0.25) is 10.0 Å². The maximum absolute atomic E-state index is 13.2. The maximum atomic E-state index is 13.2. The van der Waals surface area contributed by atoms with Crippen molar-refractivity contribution in [2.75, 3.05) is 0 Å². The molecule has 0 spiro atoms. The van der Waals surface area contributed by atoms with E-state index in [0.29, 0.717) is 28.0 Å². The molecule has 0 N–H and O–H groups in total. The van der Waals surface area contributed by atoms with Crippen LogP contribution in [0, 0.1) is 0 Å². The van der Waals surface area contributed by atoms with E-state index in [-0.39, 0.29) is 5.66 Å². The number of para-hydroxylation sites is 2. The summed E-state index contributed by atoms with van der Waals surface area (Å²) in [6.45, 7) is 3.73. The molecule has 0 aliphatic heterocycles. The molecule has 0 aliphatic carbocycles. The van der Waals surface area contributed by atoms with Crippen molar-refractivity contribution in [2.45, 2.75) is 25.9 Å². The predicted molar refractivity (Wildman–Crippen MR) is 91.5 cm³/mol. The highest BCUT2D eigenvalue weighted by Crippen LogP contribution is 2.55. The lowest BCUT2D eigenvalue weighted by molar-refractivity contribution is 0.372. The number of hydrogen-bond donors (Lipinski definition) is 0. The van der Waals surface area contributed by atoms with Crippen LogP contribution in [0.5, 0.6) is 11.5 Å². The summed E-state index contributed by atoms with van der Waals surface area (Å²) in [4.78, 5) is 0. The predicted octanol–water partition coefficient (Wildman–Crippen LogP) is 6.44. The van der Waals surface area contributed by atoms with Crippen LogP contribution in [0.15, 0.2) is 48.5 Å². The van der Waals surface area contributed by atoms with E-state index in [2.05, 4.69) is 0 Å². The summed E-state index contributed by atoms with van der Waals surface area (Å²) in [7, 11) is -3.48. The summed E-state index contributed by atoms with van der Waals surface area (Å²) in [5.74, 6) is 0.666. The standard InChI is InChI=1S/C16H17Cl2O3P/c1-3-12(2)22(19,20-15-10-6-4-8-13(15)17)21-16-11-7-5-9-14(16)18/h4-12H,3H2,1-2H3.